The molecule has 2 heteroatoms. The highest BCUT2D eigenvalue weighted by Crippen LogP contribution is 2.42. The van der Waals surface area contributed by atoms with Gasteiger partial charge in [0.1, 0.15) is 0 Å². The smallest absolute Gasteiger partial charge is 0.200 e. The lowest BCUT2D eigenvalue weighted by Gasteiger charge is -2.42. The van der Waals surface area contributed by atoms with E-state index in [4.69, 9.17) is 4.43 Å². The van der Waals surface area contributed by atoms with E-state index in [9.17, 15) is 0 Å². The standard InChI is InChI=1S/C17H30OSi/c1-14(2)19(15(3)4,16(5)6)18-13-12-17-10-8-7-9-11-17/h7-11,14-16H,12-13H2,1-6H3. The molecule has 1 aromatic rings. The molecule has 1 nitrogen and oxygen atoms in total. The van der Waals surface area contributed by atoms with Crippen molar-refractivity contribution in [2.45, 2.75) is 64.6 Å². The van der Waals surface area contributed by atoms with E-state index >= 15 is 0 Å². The number of rotatable bonds is 7. The molecule has 0 saturated heterocycles. The molecule has 19 heavy (non-hydrogen) atoms. The van der Waals surface area contributed by atoms with E-state index in [0.29, 0.717) is 16.6 Å². The van der Waals surface area contributed by atoms with Crippen LogP contribution in [0.25, 0.3) is 0 Å². The molecule has 0 radical (unpaired) electrons. The minimum absolute atomic E-state index is 0.670. The van der Waals surface area contributed by atoms with Crippen molar-refractivity contribution in [1.82, 2.24) is 0 Å². The highest BCUT2D eigenvalue weighted by molar-refractivity contribution is 6.77. The summed E-state index contributed by atoms with van der Waals surface area (Å²) in [4.78, 5) is 0. The molecule has 0 fully saturated rings. The van der Waals surface area contributed by atoms with Crippen molar-refractivity contribution in [3.63, 3.8) is 0 Å². The van der Waals surface area contributed by atoms with Gasteiger partial charge in [-0.2, -0.15) is 0 Å². The number of hydrogen-bond donors (Lipinski definition) is 0. The van der Waals surface area contributed by atoms with Gasteiger partial charge in [0.15, 0.2) is 8.32 Å². The van der Waals surface area contributed by atoms with Crippen LogP contribution in [0.2, 0.25) is 16.6 Å². The van der Waals surface area contributed by atoms with Crippen LogP contribution < -0.4 is 0 Å². The summed E-state index contributed by atoms with van der Waals surface area (Å²) in [7, 11) is -1.68. The van der Waals surface area contributed by atoms with Gasteiger partial charge in [-0.15, -0.1) is 0 Å². The molecular weight excluding hydrogens is 248 g/mol. The number of hydrogen-bond acceptors (Lipinski definition) is 1. The zero-order valence-electron chi connectivity index (χ0n) is 13.4. The van der Waals surface area contributed by atoms with Gasteiger partial charge >= 0.3 is 0 Å². The van der Waals surface area contributed by atoms with E-state index in [1.54, 1.807) is 0 Å². The molecule has 0 heterocycles. The Morgan fingerprint density at radius 1 is 0.842 bits per heavy atom. The Morgan fingerprint density at radius 3 is 1.74 bits per heavy atom. The molecule has 1 rings (SSSR count). The van der Waals surface area contributed by atoms with Gasteiger partial charge in [-0.25, -0.2) is 0 Å². The van der Waals surface area contributed by atoms with Crippen LogP contribution in [0.4, 0.5) is 0 Å². The largest absolute Gasteiger partial charge is 0.416 e. The molecule has 0 atom stereocenters. The van der Waals surface area contributed by atoms with Crippen LogP contribution in [0.3, 0.4) is 0 Å². The van der Waals surface area contributed by atoms with Crippen LogP contribution in [0.1, 0.15) is 47.1 Å². The van der Waals surface area contributed by atoms with Crippen LogP contribution in [0, 0.1) is 0 Å². The van der Waals surface area contributed by atoms with Gasteiger partial charge in [0.2, 0.25) is 0 Å². The average molecular weight is 279 g/mol. The predicted octanol–water partition coefficient (Wildman–Crippen LogP) is 5.42. The van der Waals surface area contributed by atoms with Gasteiger partial charge in [-0.1, -0.05) is 71.9 Å². The molecule has 0 saturated carbocycles. The van der Waals surface area contributed by atoms with Crippen molar-refractivity contribution in [3.8, 4) is 0 Å². The molecule has 0 N–H and O–H groups in total. The fraction of sp³-hybridized carbons (Fsp3) is 0.647. The first-order valence-electron chi connectivity index (χ1n) is 7.59. The molecule has 0 aliphatic heterocycles. The van der Waals surface area contributed by atoms with Gasteiger partial charge in [-0.05, 0) is 28.6 Å². The Balaban J connectivity index is 2.69. The zero-order chi connectivity index (χ0) is 14.5. The molecule has 0 amide bonds. The van der Waals surface area contributed by atoms with Crippen LogP contribution in [0.15, 0.2) is 30.3 Å². The van der Waals surface area contributed by atoms with Gasteiger partial charge in [0.25, 0.3) is 0 Å². The Labute approximate surface area is 120 Å². The summed E-state index contributed by atoms with van der Waals surface area (Å²) < 4.78 is 6.56. The summed E-state index contributed by atoms with van der Waals surface area (Å²) in [5, 5.41) is 0. The molecule has 0 spiro atoms. The molecule has 0 unspecified atom stereocenters. The van der Waals surface area contributed by atoms with Gasteiger partial charge in [0, 0.05) is 6.61 Å². The molecule has 108 valence electrons. The molecule has 0 aliphatic carbocycles. The second-order valence-corrected chi connectivity index (χ2v) is 11.9. The van der Waals surface area contributed by atoms with Gasteiger partial charge in [-0.3, -0.25) is 0 Å². The first kappa shape index (κ1) is 16.5. The Hall–Kier alpha value is -0.603. The first-order valence-corrected chi connectivity index (χ1v) is 9.73. The van der Waals surface area contributed by atoms with Gasteiger partial charge < -0.3 is 4.43 Å². The van der Waals surface area contributed by atoms with Crippen LogP contribution in [-0.2, 0) is 10.8 Å². The molecule has 0 aromatic heterocycles. The van der Waals surface area contributed by atoms with Crippen LogP contribution in [-0.4, -0.2) is 14.9 Å². The maximum Gasteiger partial charge on any atom is 0.200 e. The average Bonchev–Trinajstić information content (AvgIpc) is 2.34. The Morgan fingerprint density at radius 2 is 1.32 bits per heavy atom. The van der Waals surface area contributed by atoms with E-state index in [-0.39, 0.29) is 0 Å². The zero-order valence-corrected chi connectivity index (χ0v) is 14.4. The van der Waals surface area contributed by atoms with Crippen LogP contribution >= 0.6 is 0 Å². The summed E-state index contributed by atoms with van der Waals surface area (Å²) in [5.41, 5.74) is 3.39. The summed E-state index contributed by atoms with van der Waals surface area (Å²) in [6.07, 6.45) is 1.03. The first-order chi connectivity index (χ1) is 8.91. The molecular formula is C17H30OSi. The van der Waals surface area contributed by atoms with E-state index in [1.807, 2.05) is 0 Å². The van der Waals surface area contributed by atoms with Crippen molar-refractivity contribution in [3.05, 3.63) is 35.9 Å². The SMILES string of the molecule is CC(C)[Si](OCCc1ccccc1)(C(C)C)C(C)C. The summed E-state index contributed by atoms with van der Waals surface area (Å²) in [6, 6.07) is 10.7. The maximum atomic E-state index is 6.56. The van der Waals surface area contributed by atoms with Crippen molar-refractivity contribution in [2.75, 3.05) is 6.61 Å². The van der Waals surface area contributed by atoms with Crippen molar-refractivity contribution < 1.29 is 4.43 Å². The number of benzene rings is 1. The topological polar surface area (TPSA) is 9.23 Å². The third kappa shape index (κ3) is 3.93. The quantitative estimate of drug-likeness (QED) is 0.605. The summed E-state index contributed by atoms with van der Waals surface area (Å²) in [5.74, 6) is 0. The minimum atomic E-state index is -1.68. The lowest BCUT2D eigenvalue weighted by atomic mass is 10.2. The third-order valence-corrected chi connectivity index (χ3v) is 10.4. The summed E-state index contributed by atoms with van der Waals surface area (Å²) in [6.45, 7) is 14.9. The second kappa shape index (κ2) is 7.25. The highest BCUT2D eigenvalue weighted by atomic mass is 28.4. The monoisotopic (exact) mass is 278 g/mol. The molecule has 1 aromatic carbocycles. The van der Waals surface area contributed by atoms with Crippen molar-refractivity contribution in [2.24, 2.45) is 0 Å². The van der Waals surface area contributed by atoms with E-state index in [1.165, 1.54) is 5.56 Å². The molecule has 0 bridgehead atoms. The lowest BCUT2D eigenvalue weighted by molar-refractivity contribution is 0.281. The second-order valence-electron chi connectivity index (χ2n) is 6.40. The van der Waals surface area contributed by atoms with Crippen molar-refractivity contribution >= 4 is 8.32 Å². The van der Waals surface area contributed by atoms with E-state index in [0.717, 1.165) is 13.0 Å². The van der Waals surface area contributed by atoms with Crippen molar-refractivity contribution in [1.29, 1.82) is 0 Å². The van der Waals surface area contributed by atoms with Crippen LogP contribution in [0.5, 0.6) is 0 Å². The maximum absolute atomic E-state index is 6.56. The minimum Gasteiger partial charge on any atom is -0.416 e. The van der Waals surface area contributed by atoms with E-state index in [2.05, 4.69) is 71.9 Å². The Kier molecular flexibility index (Phi) is 6.28. The third-order valence-electron chi connectivity index (χ3n) is 4.29. The van der Waals surface area contributed by atoms with Gasteiger partial charge in [0.05, 0.1) is 0 Å². The molecule has 0 aliphatic rings. The Bertz CT molecular complexity index is 335. The normalized spacial score (nSPS) is 12.7. The lowest BCUT2D eigenvalue weighted by Crippen LogP contribution is -2.48. The summed E-state index contributed by atoms with van der Waals surface area (Å²) >= 11 is 0. The highest BCUT2D eigenvalue weighted by Gasteiger charge is 2.44. The fourth-order valence-corrected chi connectivity index (χ4v) is 8.95. The van der Waals surface area contributed by atoms with E-state index < -0.39 is 8.32 Å². The fourth-order valence-electron chi connectivity index (χ4n) is 3.49. The predicted molar refractivity (Wildman–Crippen MR) is 87.1 cm³/mol.